The Morgan fingerprint density at radius 3 is 2.94 bits per heavy atom. The Labute approximate surface area is 109 Å². The van der Waals surface area contributed by atoms with Crippen molar-refractivity contribution in [1.82, 2.24) is 10.3 Å². The molecule has 1 aromatic heterocycles. The lowest BCUT2D eigenvalue weighted by Crippen LogP contribution is -2.35. The van der Waals surface area contributed by atoms with Gasteiger partial charge in [-0.1, -0.05) is 26.7 Å². The summed E-state index contributed by atoms with van der Waals surface area (Å²) in [6, 6.07) is 0.720. The van der Waals surface area contributed by atoms with E-state index in [1.807, 2.05) is 5.51 Å². The highest BCUT2D eigenvalue weighted by Gasteiger charge is 2.23. The van der Waals surface area contributed by atoms with Crippen molar-refractivity contribution in [3.05, 3.63) is 16.1 Å². The maximum atomic E-state index is 4.30. The fourth-order valence-electron chi connectivity index (χ4n) is 2.75. The number of rotatable bonds is 4. The summed E-state index contributed by atoms with van der Waals surface area (Å²) < 4.78 is 0. The molecule has 3 heteroatoms. The van der Waals surface area contributed by atoms with E-state index in [0.29, 0.717) is 0 Å². The van der Waals surface area contributed by atoms with Crippen molar-refractivity contribution in [2.75, 3.05) is 0 Å². The molecule has 1 aliphatic rings. The minimum atomic E-state index is 0.720. The number of nitrogens with zero attached hydrogens (tertiary/aromatic N) is 1. The van der Waals surface area contributed by atoms with Gasteiger partial charge in [0.1, 0.15) is 0 Å². The van der Waals surface area contributed by atoms with Gasteiger partial charge in [-0.3, -0.25) is 0 Å². The highest BCUT2D eigenvalue weighted by molar-refractivity contribution is 7.09. The van der Waals surface area contributed by atoms with E-state index in [9.17, 15) is 0 Å². The van der Waals surface area contributed by atoms with Crippen LogP contribution in [0.15, 0.2) is 5.51 Å². The van der Waals surface area contributed by atoms with Gasteiger partial charge in [-0.05, 0) is 31.6 Å². The molecule has 2 rings (SSSR count). The predicted octanol–water partition coefficient (Wildman–Crippen LogP) is 3.76. The van der Waals surface area contributed by atoms with Gasteiger partial charge in [0.25, 0.3) is 0 Å². The molecule has 1 fully saturated rings. The van der Waals surface area contributed by atoms with E-state index in [2.05, 4.69) is 31.1 Å². The lowest BCUT2D eigenvalue weighted by atomic mass is 9.79. The SMILES string of the molecule is Cc1ncsc1CNC1CCCC(C(C)C)C1. The zero-order chi connectivity index (χ0) is 12.3. The Balaban J connectivity index is 1.81. The average Bonchev–Trinajstić information content (AvgIpc) is 2.72. The van der Waals surface area contributed by atoms with E-state index in [1.165, 1.54) is 36.3 Å². The Bertz CT molecular complexity index is 346. The first-order valence-corrected chi connectivity index (χ1v) is 7.67. The minimum Gasteiger partial charge on any atom is -0.309 e. The molecule has 96 valence electrons. The van der Waals surface area contributed by atoms with Gasteiger partial charge in [-0.25, -0.2) is 4.98 Å². The van der Waals surface area contributed by atoms with E-state index in [0.717, 1.165) is 24.4 Å². The van der Waals surface area contributed by atoms with Crippen LogP contribution in [-0.2, 0) is 6.54 Å². The van der Waals surface area contributed by atoms with E-state index < -0.39 is 0 Å². The highest BCUT2D eigenvalue weighted by Crippen LogP contribution is 2.30. The van der Waals surface area contributed by atoms with Crippen molar-refractivity contribution in [3.63, 3.8) is 0 Å². The van der Waals surface area contributed by atoms with Crippen molar-refractivity contribution < 1.29 is 0 Å². The number of aryl methyl sites for hydroxylation is 1. The van der Waals surface area contributed by atoms with Crippen molar-refractivity contribution in [3.8, 4) is 0 Å². The molecule has 1 aromatic rings. The second-order valence-electron chi connectivity index (χ2n) is 5.61. The lowest BCUT2D eigenvalue weighted by molar-refractivity contribution is 0.231. The average molecular weight is 252 g/mol. The summed E-state index contributed by atoms with van der Waals surface area (Å²) in [5.74, 6) is 1.76. The van der Waals surface area contributed by atoms with Crippen LogP contribution in [0.1, 0.15) is 50.1 Å². The van der Waals surface area contributed by atoms with Crippen molar-refractivity contribution >= 4 is 11.3 Å². The number of hydrogen-bond acceptors (Lipinski definition) is 3. The van der Waals surface area contributed by atoms with Crippen LogP contribution in [0, 0.1) is 18.8 Å². The number of thiazole rings is 1. The van der Waals surface area contributed by atoms with Crippen LogP contribution in [-0.4, -0.2) is 11.0 Å². The van der Waals surface area contributed by atoms with Crippen LogP contribution in [0.5, 0.6) is 0 Å². The molecular weight excluding hydrogens is 228 g/mol. The number of nitrogens with one attached hydrogen (secondary N) is 1. The van der Waals surface area contributed by atoms with Gasteiger partial charge in [0.15, 0.2) is 0 Å². The molecule has 0 bridgehead atoms. The molecule has 1 aliphatic carbocycles. The van der Waals surface area contributed by atoms with Crippen LogP contribution >= 0.6 is 11.3 Å². The van der Waals surface area contributed by atoms with Gasteiger partial charge in [0.05, 0.1) is 11.2 Å². The molecule has 17 heavy (non-hydrogen) atoms. The summed E-state index contributed by atoms with van der Waals surface area (Å²) >= 11 is 1.77. The molecule has 0 radical (unpaired) electrons. The quantitative estimate of drug-likeness (QED) is 0.882. The van der Waals surface area contributed by atoms with Crippen molar-refractivity contribution in [2.45, 2.75) is 59.0 Å². The van der Waals surface area contributed by atoms with E-state index in [-0.39, 0.29) is 0 Å². The van der Waals surface area contributed by atoms with Gasteiger partial charge in [-0.2, -0.15) is 0 Å². The zero-order valence-electron chi connectivity index (χ0n) is 11.2. The third kappa shape index (κ3) is 3.52. The second kappa shape index (κ2) is 5.96. The maximum absolute atomic E-state index is 4.30. The fraction of sp³-hybridized carbons (Fsp3) is 0.786. The molecular formula is C14H24N2S. The molecule has 0 amide bonds. The Morgan fingerprint density at radius 1 is 1.47 bits per heavy atom. The van der Waals surface area contributed by atoms with Crippen molar-refractivity contribution in [2.24, 2.45) is 11.8 Å². The van der Waals surface area contributed by atoms with Crippen molar-refractivity contribution in [1.29, 1.82) is 0 Å². The summed E-state index contributed by atoms with van der Waals surface area (Å²) in [6.45, 7) is 7.83. The summed E-state index contributed by atoms with van der Waals surface area (Å²) in [5.41, 5.74) is 3.14. The number of hydrogen-bond donors (Lipinski definition) is 1. The summed E-state index contributed by atoms with van der Waals surface area (Å²) in [7, 11) is 0. The molecule has 1 N–H and O–H groups in total. The molecule has 0 saturated heterocycles. The largest absolute Gasteiger partial charge is 0.309 e. The topological polar surface area (TPSA) is 24.9 Å². The summed E-state index contributed by atoms with van der Waals surface area (Å²) in [5, 5.41) is 3.72. The molecule has 1 heterocycles. The Morgan fingerprint density at radius 2 is 2.29 bits per heavy atom. The Kier molecular flexibility index (Phi) is 4.57. The fourth-order valence-corrected chi connectivity index (χ4v) is 3.48. The zero-order valence-corrected chi connectivity index (χ0v) is 12.0. The van der Waals surface area contributed by atoms with Crippen LogP contribution in [0.3, 0.4) is 0 Å². The first-order chi connectivity index (χ1) is 8.16. The van der Waals surface area contributed by atoms with Crippen LogP contribution in [0.4, 0.5) is 0 Å². The summed E-state index contributed by atoms with van der Waals surface area (Å²) in [4.78, 5) is 5.70. The van der Waals surface area contributed by atoms with Gasteiger partial charge in [0.2, 0.25) is 0 Å². The molecule has 1 saturated carbocycles. The normalized spacial score (nSPS) is 25.4. The van der Waals surface area contributed by atoms with Crippen LogP contribution in [0.25, 0.3) is 0 Å². The minimum absolute atomic E-state index is 0.720. The highest BCUT2D eigenvalue weighted by atomic mass is 32.1. The summed E-state index contributed by atoms with van der Waals surface area (Å²) in [6.07, 6.45) is 5.52. The van der Waals surface area contributed by atoms with Crippen LogP contribution < -0.4 is 5.32 Å². The molecule has 2 nitrogen and oxygen atoms in total. The third-order valence-electron chi connectivity index (χ3n) is 4.05. The Hall–Kier alpha value is -0.410. The molecule has 2 unspecified atom stereocenters. The predicted molar refractivity (Wildman–Crippen MR) is 74.3 cm³/mol. The number of aromatic nitrogens is 1. The molecule has 0 aromatic carbocycles. The van der Waals surface area contributed by atoms with Gasteiger partial charge >= 0.3 is 0 Å². The van der Waals surface area contributed by atoms with E-state index in [4.69, 9.17) is 0 Å². The van der Waals surface area contributed by atoms with Gasteiger partial charge < -0.3 is 5.32 Å². The molecule has 2 atom stereocenters. The third-order valence-corrected chi connectivity index (χ3v) is 4.99. The monoisotopic (exact) mass is 252 g/mol. The maximum Gasteiger partial charge on any atom is 0.0798 e. The van der Waals surface area contributed by atoms with Crippen LogP contribution in [0.2, 0.25) is 0 Å². The molecule has 0 aliphatic heterocycles. The first-order valence-electron chi connectivity index (χ1n) is 6.79. The smallest absolute Gasteiger partial charge is 0.0798 e. The second-order valence-corrected chi connectivity index (χ2v) is 6.55. The van der Waals surface area contributed by atoms with E-state index >= 15 is 0 Å². The van der Waals surface area contributed by atoms with Gasteiger partial charge in [0, 0.05) is 17.5 Å². The standard InChI is InChI=1S/C14H24N2S/c1-10(2)12-5-4-6-13(7-12)15-8-14-11(3)16-9-17-14/h9-10,12-13,15H,4-8H2,1-3H3. The molecule has 0 spiro atoms. The van der Waals surface area contributed by atoms with Gasteiger partial charge in [-0.15, -0.1) is 11.3 Å². The lowest BCUT2D eigenvalue weighted by Gasteiger charge is -2.32. The van der Waals surface area contributed by atoms with E-state index in [1.54, 1.807) is 11.3 Å². The first kappa shape index (κ1) is 13.0.